The van der Waals surface area contributed by atoms with Crippen LogP contribution >= 0.6 is 0 Å². The quantitative estimate of drug-likeness (QED) is 0.260. The van der Waals surface area contributed by atoms with E-state index in [-0.39, 0.29) is 5.91 Å². The van der Waals surface area contributed by atoms with Crippen molar-refractivity contribution in [1.82, 2.24) is 9.99 Å². The smallest absolute Gasteiger partial charge is 0.244 e. The fraction of sp³-hybridized carbons (Fsp3) is 0.0938. The number of carbonyl (C=O) groups is 1. The number of ether oxygens (including phenoxy) is 2. The van der Waals surface area contributed by atoms with Gasteiger partial charge in [-0.1, -0.05) is 91.0 Å². The number of hydrogen-bond acceptors (Lipinski definition) is 5. The molecule has 6 rings (SSSR count). The minimum atomic E-state index is -0.750. The molecule has 6 nitrogen and oxygen atoms in total. The highest BCUT2D eigenvalue weighted by molar-refractivity contribution is 5.99. The monoisotopic (exact) mass is 499 g/mol. The van der Waals surface area contributed by atoms with E-state index in [0.717, 1.165) is 33.3 Å². The molecule has 38 heavy (non-hydrogen) atoms. The topological polar surface area (TPSA) is 64.0 Å². The maximum Gasteiger partial charge on any atom is 0.244 e. The number of carbonyl (C=O) groups excluding carboxylic acids is 1. The molecule has 1 atom stereocenters. The fourth-order valence-corrected chi connectivity index (χ4v) is 4.55. The number of para-hydroxylation sites is 2. The van der Waals surface area contributed by atoms with Crippen molar-refractivity contribution in [1.29, 1.82) is 0 Å². The Balaban J connectivity index is 1.39. The van der Waals surface area contributed by atoms with E-state index in [9.17, 15) is 4.79 Å². The molecule has 0 saturated carbocycles. The minimum Gasteiger partial charge on any atom is -0.488 e. The zero-order valence-electron chi connectivity index (χ0n) is 20.8. The molecule has 5 aromatic rings. The zero-order chi connectivity index (χ0) is 25.9. The number of rotatable bonds is 6. The SMILES string of the molecule is CC(=O)N1N=C(c2ccccc2OCc2ccccc2)O[C@@H]1c1cc(-c2ccccc2)nc2ccccc12. The molecular weight excluding hydrogens is 474 g/mol. The summed E-state index contributed by atoms with van der Waals surface area (Å²) in [5.41, 5.74) is 5.14. The molecule has 1 aliphatic rings. The van der Waals surface area contributed by atoms with Crippen molar-refractivity contribution in [2.24, 2.45) is 5.10 Å². The van der Waals surface area contributed by atoms with Gasteiger partial charge in [0.05, 0.1) is 16.8 Å². The van der Waals surface area contributed by atoms with E-state index in [0.29, 0.717) is 23.8 Å². The van der Waals surface area contributed by atoms with Crippen molar-refractivity contribution in [3.05, 3.63) is 132 Å². The summed E-state index contributed by atoms with van der Waals surface area (Å²) in [7, 11) is 0. The van der Waals surface area contributed by atoms with Crippen molar-refractivity contribution in [2.45, 2.75) is 19.8 Å². The summed E-state index contributed by atoms with van der Waals surface area (Å²) in [4.78, 5) is 17.7. The first-order valence-electron chi connectivity index (χ1n) is 12.4. The predicted molar refractivity (Wildman–Crippen MR) is 147 cm³/mol. The molecule has 1 aromatic heterocycles. The summed E-state index contributed by atoms with van der Waals surface area (Å²) >= 11 is 0. The summed E-state index contributed by atoms with van der Waals surface area (Å²) in [6, 6.07) is 37.3. The van der Waals surface area contributed by atoms with E-state index in [1.165, 1.54) is 11.9 Å². The molecule has 0 spiro atoms. The third-order valence-corrected chi connectivity index (χ3v) is 6.40. The van der Waals surface area contributed by atoms with Crippen molar-refractivity contribution >= 4 is 22.7 Å². The van der Waals surface area contributed by atoms with Crippen LogP contribution in [0.2, 0.25) is 0 Å². The average Bonchev–Trinajstić information content (AvgIpc) is 3.42. The fourth-order valence-electron chi connectivity index (χ4n) is 4.55. The van der Waals surface area contributed by atoms with E-state index >= 15 is 0 Å². The van der Waals surface area contributed by atoms with Gasteiger partial charge in [0, 0.05) is 23.4 Å². The van der Waals surface area contributed by atoms with Gasteiger partial charge in [0.1, 0.15) is 12.4 Å². The van der Waals surface area contributed by atoms with Gasteiger partial charge >= 0.3 is 0 Å². The van der Waals surface area contributed by atoms with Crippen LogP contribution in [0.25, 0.3) is 22.2 Å². The van der Waals surface area contributed by atoms with Crippen LogP contribution in [-0.4, -0.2) is 21.8 Å². The summed E-state index contributed by atoms with van der Waals surface area (Å²) < 4.78 is 12.6. The van der Waals surface area contributed by atoms with E-state index in [1.54, 1.807) is 0 Å². The second kappa shape index (κ2) is 10.2. The summed E-state index contributed by atoms with van der Waals surface area (Å²) in [6.45, 7) is 1.89. The first-order chi connectivity index (χ1) is 18.7. The van der Waals surface area contributed by atoms with E-state index < -0.39 is 6.23 Å². The molecule has 186 valence electrons. The van der Waals surface area contributed by atoms with Gasteiger partial charge in [-0.25, -0.2) is 4.98 Å². The lowest BCUT2D eigenvalue weighted by Gasteiger charge is -2.21. The number of nitrogens with zero attached hydrogens (tertiary/aromatic N) is 3. The van der Waals surface area contributed by atoms with Crippen LogP contribution < -0.4 is 4.74 Å². The van der Waals surface area contributed by atoms with Crippen LogP contribution in [-0.2, 0) is 16.1 Å². The Morgan fingerprint density at radius 1 is 0.868 bits per heavy atom. The predicted octanol–water partition coefficient (Wildman–Crippen LogP) is 6.72. The Labute approximate surface area is 220 Å². The van der Waals surface area contributed by atoms with Crippen LogP contribution in [0.4, 0.5) is 0 Å². The van der Waals surface area contributed by atoms with Gasteiger partial charge in [-0.15, -0.1) is 5.10 Å². The second-order valence-corrected chi connectivity index (χ2v) is 8.99. The normalized spacial score (nSPS) is 14.7. The summed E-state index contributed by atoms with van der Waals surface area (Å²) in [5, 5.41) is 6.90. The molecule has 0 unspecified atom stereocenters. The molecule has 1 aliphatic heterocycles. The van der Waals surface area contributed by atoms with Crippen LogP contribution in [0.5, 0.6) is 5.75 Å². The number of hydrogen-bond donors (Lipinski definition) is 0. The van der Waals surface area contributed by atoms with Gasteiger partial charge in [0.25, 0.3) is 0 Å². The van der Waals surface area contributed by atoms with Gasteiger partial charge < -0.3 is 9.47 Å². The molecule has 0 bridgehead atoms. The molecule has 0 fully saturated rings. The van der Waals surface area contributed by atoms with E-state index in [4.69, 9.17) is 14.5 Å². The maximum atomic E-state index is 12.8. The van der Waals surface area contributed by atoms with Crippen LogP contribution in [0.1, 0.15) is 29.8 Å². The Morgan fingerprint density at radius 3 is 2.34 bits per heavy atom. The number of pyridine rings is 1. The lowest BCUT2D eigenvalue weighted by atomic mass is 10.0. The van der Waals surface area contributed by atoms with Gasteiger partial charge in [-0.3, -0.25) is 4.79 Å². The van der Waals surface area contributed by atoms with E-state index in [1.807, 2.05) is 115 Å². The highest BCUT2D eigenvalue weighted by Gasteiger charge is 2.35. The molecule has 0 saturated heterocycles. The highest BCUT2D eigenvalue weighted by atomic mass is 16.5. The van der Waals surface area contributed by atoms with Crippen molar-refractivity contribution in [3.8, 4) is 17.0 Å². The largest absolute Gasteiger partial charge is 0.488 e. The Kier molecular flexibility index (Phi) is 6.28. The standard InChI is InChI=1S/C32H25N3O3/c1-22(36)35-32(27-20-29(24-14-6-3-7-15-24)33-28-18-10-8-16-25(27)28)38-31(34-35)26-17-9-11-19-30(26)37-21-23-12-4-2-5-13-23/h2-20,32H,21H2,1H3/t32-/m1/s1. The summed E-state index contributed by atoms with van der Waals surface area (Å²) in [5.74, 6) is 0.731. The molecule has 6 heteroatoms. The van der Waals surface area contributed by atoms with Gasteiger partial charge in [-0.05, 0) is 29.8 Å². The van der Waals surface area contributed by atoms with Gasteiger partial charge in [0.2, 0.25) is 18.0 Å². The lowest BCUT2D eigenvalue weighted by Crippen LogP contribution is -2.25. The minimum absolute atomic E-state index is 0.227. The Morgan fingerprint density at radius 2 is 1.55 bits per heavy atom. The van der Waals surface area contributed by atoms with Crippen LogP contribution in [0.15, 0.2) is 120 Å². The molecule has 0 aliphatic carbocycles. The Bertz CT molecular complexity index is 1630. The Hall–Kier alpha value is -4.97. The molecule has 4 aromatic carbocycles. The second-order valence-electron chi connectivity index (χ2n) is 8.99. The number of hydrazone groups is 1. The third kappa shape index (κ3) is 4.60. The van der Waals surface area contributed by atoms with Gasteiger partial charge in [0.15, 0.2) is 0 Å². The molecular formula is C32H25N3O3. The lowest BCUT2D eigenvalue weighted by molar-refractivity contribution is -0.135. The third-order valence-electron chi connectivity index (χ3n) is 6.40. The molecule has 1 amide bonds. The highest BCUT2D eigenvalue weighted by Crippen LogP contribution is 2.37. The number of amides is 1. The number of benzene rings is 4. The van der Waals surface area contributed by atoms with E-state index in [2.05, 4.69) is 5.10 Å². The number of aromatic nitrogens is 1. The molecule has 2 heterocycles. The van der Waals surface area contributed by atoms with Crippen molar-refractivity contribution in [3.63, 3.8) is 0 Å². The average molecular weight is 500 g/mol. The van der Waals surface area contributed by atoms with Crippen LogP contribution in [0.3, 0.4) is 0 Å². The molecule has 0 radical (unpaired) electrons. The first kappa shape index (κ1) is 23.4. The van der Waals surface area contributed by atoms with Gasteiger partial charge in [-0.2, -0.15) is 5.01 Å². The first-order valence-corrected chi connectivity index (χ1v) is 12.4. The molecule has 0 N–H and O–H groups in total. The van der Waals surface area contributed by atoms with Crippen molar-refractivity contribution in [2.75, 3.05) is 0 Å². The van der Waals surface area contributed by atoms with Crippen molar-refractivity contribution < 1.29 is 14.3 Å². The number of fused-ring (bicyclic) bond motifs is 1. The maximum absolute atomic E-state index is 12.8. The zero-order valence-corrected chi connectivity index (χ0v) is 20.8. The van der Waals surface area contributed by atoms with Crippen LogP contribution in [0, 0.1) is 0 Å². The summed E-state index contributed by atoms with van der Waals surface area (Å²) in [6.07, 6.45) is -0.750.